The molecule has 0 radical (unpaired) electrons. The molecule has 0 aliphatic carbocycles. The Morgan fingerprint density at radius 3 is 2.37 bits per heavy atom. The van der Waals surface area contributed by atoms with Crippen LogP contribution in [0.4, 0.5) is 0 Å². The van der Waals surface area contributed by atoms with Gasteiger partial charge in [-0.1, -0.05) is 17.7 Å². The Balaban J connectivity index is 2.16. The lowest BCUT2D eigenvalue weighted by Gasteiger charge is -2.17. The first-order chi connectivity index (χ1) is 8.88. The maximum Gasteiger partial charge on any atom is 0.251 e. The summed E-state index contributed by atoms with van der Waals surface area (Å²) in [6.45, 7) is 7.59. The van der Waals surface area contributed by atoms with Crippen molar-refractivity contribution in [2.75, 3.05) is 19.6 Å². The second-order valence-corrected chi connectivity index (χ2v) is 5.43. The molecule has 0 unspecified atom stereocenters. The third kappa shape index (κ3) is 6.94. The molecule has 0 fully saturated rings. The van der Waals surface area contributed by atoms with Crippen molar-refractivity contribution in [1.29, 1.82) is 0 Å². The predicted molar refractivity (Wildman–Crippen MR) is 77.3 cm³/mol. The fourth-order valence-electron chi connectivity index (χ4n) is 1.59. The van der Waals surface area contributed by atoms with Crippen molar-refractivity contribution in [3.8, 4) is 0 Å². The van der Waals surface area contributed by atoms with Gasteiger partial charge in [-0.05, 0) is 45.9 Å². The van der Waals surface area contributed by atoms with Gasteiger partial charge in [0.1, 0.15) is 0 Å². The van der Waals surface area contributed by atoms with Crippen LogP contribution in [0.5, 0.6) is 0 Å². The maximum absolute atomic E-state index is 11.8. The van der Waals surface area contributed by atoms with E-state index in [2.05, 4.69) is 10.6 Å². The molecule has 3 N–H and O–H groups in total. The van der Waals surface area contributed by atoms with Crippen LogP contribution in [0.25, 0.3) is 0 Å². The SMILES string of the molecule is Cc1ccc(C(=O)NCCNCCC(C)(C)O)cc1. The van der Waals surface area contributed by atoms with Crippen LogP contribution in [-0.2, 0) is 0 Å². The van der Waals surface area contributed by atoms with Crippen LogP contribution in [0, 0.1) is 6.92 Å². The minimum absolute atomic E-state index is 0.0516. The summed E-state index contributed by atoms with van der Waals surface area (Å²) in [5, 5.41) is 15.6. The van der Waals surface area contributed by atoms with Gasteiger partial charge in [-0.3, -0.25) is 4.79 Å². The van der Waals surface area contributed by atoms with Gasteiger partial charge in [0.15, 0.2) is 0 Å². The summed E-state index contributed by atoms with van der Waals surface area (Å²) < 4.78 is 0. The van der Waals surface area contributed by atoms with Gasteiger partial charge in [0.25, 0.3) is 5.91 Å². The average Bonchev–Trinajstić information content (AvgIpc) is 2.33. The normalized spacial score (nSPS) is 11.4. The van der Waals surface area contributed by atoms with Gasteiger partial charge in [-0.25, -0.2) is 0 Å². The highest BCUT2D eigenvalue weighted by atomic mass is 16.3. The summed E-state index contributed by atoms with van der Waals surface area (Å²) in [5.41, 5.74) is 1.19. The molecule has 0 spiro atoms. The van der Waals surface area contributed by atoms with Gasteiger partial charge in [-0.2, -0.15) is 0 Å². The standard InChI is InChI=1S/C15H24N2O2/c1-12-4-6-13(7-5-12)14(18)17-11-10-16-9-8-15(2,3)19/h4-7,16,19H,8-11H2,1-3H3,(H,17,18). The number of carbonyl (C=O) groups excluding carboxylic acids is 1. The highest BCUT2D eigenvalue weighted by molar-refractivity contribution is 5.94. The van der Waals surface area contributed by atoms with Crippen LogP contribution in [0.3, 0.4) is 0 Å². The van der Waals surface area contributed by atoms with Gasteiger partial charge >= 0.3 is 0 Å². The minimum Gasteiger partial charge on any atom is -0.390 e. The molecule has 0 aliphatic heterocycles. The first kappa shape index (κ1) is 15.7. The third-order valence-corrected chi connectivity index (χ3v) is 2.81. The molecule has 1 aromatic rings. The van der Waals surface area contributed by atoms with Crippen LogP contribution >= 0.6 is 0 Å². The Morgan fingerprint density at radius 1 is 1.16 bits per heavy atom. The molecule has 19 heavy (non-hydrogen) atoms. The maximum atomic E-state index is 11.8. The smallest absolute Gasteiger partial charge is 0.251 e. The van der Waals surface area contributed by atoms with Crippen molar-refractivity contribution in [2.45, 2.75) is 32.8 Å². The lowest BCUT2D eigenvalue weighted by molar-refractivity contribution is 0.0711. The summed E-state index contributed by atoms with van der Waals surface area (Å²) in [6, 6.07) is 7.51. The van der Waals surface area contributed by atoms with E-state index >= 15 is 0 Å². The molecular formula is C15H24N2O2. The highest BCUT2D eigenvalue weighted by Crippen LogP contribution is 2.04. The summed E-state index contributed by atoms with van der Waals surface area (Å²) in [5.74, 6) is -0.0516. The van der Waals surface area contributed by atoms with E-state index in [1.54, 1.807) is 13.8 Å². The Hall–Kier alpha value is -1.39. The molecule has 4 heteroatoms. The summed E-state index contributed by atoms with van der Waals surface area (Å²) in [7, 11) is 0. The number of benzene rings is 1. The first-order valence-electron chi connectivity index (χ1n) is 6.66. The van der Waals surface area contributed by atoms with E-state index in [1.807, 2.05) is 31.2 Å². The van der Waals surface area contributed by atoms with Crippen molar-refractivity contribution >= 4 is 5.91 Å². The van der Waals surface area contributed by atoms with E-state index in [-0.39, 0.29) is 5.91 Å². The third-order valence-electron chi connectivity index (χ3n) is 2.81. The van der Waals surface area contributed by atoms with Crippen molar-refractivity contribution in [1.82, 2.24) is 10.6 Å². The van der Waals surface area contributed by atoms with Gasteiger partial charge in [-0.15, -0.1) is 0 Å². The quantitative estimate of drug-likeness (QED) is 0.654. The summed E-state index contributed by atoms with van der Waals surface area (Å²) in [6.07, 6.45) is 0.693. The van der Waals surface area contributed by atoms with E-state index < -0.39 is 5.60 Å². The van der Waals surface area contributed by atoms with E-state index in [1.165, 1.54) is 0 Å². The second kappa shape index (κ2) is 7.26. The molecule has 0 saturated heterocycles. The van der Waals surface area contributed by atoms with Crippen LogP contribution in [0.1, 0.15) is 36.2 Å². The van der Waals surface area contributed by atoms with Gasteiger partial charge in [0, 0.05) is 18.7 Å². The molecule has 1 amide bonds. The Morgan fingerprint density at radius 2 is 1.79 bits per heavy atom. The fourth-order valence-corrected chi connectivity index (χ4v) is 1.59. The number of hydrogen-bond acceptors (Lipinski definition) is 3. The van der Waals surface area contributed by atoms with Crippen molar-refractivity contribution < 1.29 is 9.90 Å². The average molecular weight is 264 g/mol. The topological polar surface area (TPSA) is 61.4 Å². The number of aliphatic hydroxyl groups is 1. The number of hydrogen-bond donors (Lipinski definition) is 3. The number of rotatable bonds is 7. The summed E-state index contributed by atoms with van der Waals surface area (Å²) >= 11 is 0. The van der Waals surface area contributed by atoms with E-state index in [0.29, 0.717) is 25.1 Å². The van der Waals surface area contributed by atoms with E-state index in [9.17, 15) is 9.90 Å². The van der Waals surface area contributed by atoms with Crippen LogP contribution in [0.15, 0.2) is 24.3 Å². The molecule has 0 saturated carbocycles. The van der Waals surface area contributed by atoms with Crippen molar-refractivity contribution in [3.63, 3.8) is 0 Å². The molecule has 0 bridgehead atoms. The molecule has 1 rings (SSSR count). The largest absolute Gasteiger partial charge is 0.390 e. The Bertz CT molecular complexity index is 394. The fraction of sp³-hybridized carbons (Fsp3) is 0.533. The van der Waals surface area contributed by atoms with Gasteiger partial charge in [0.05, 0.1) is 5.60 Å². The van der Waals surface area contributed by atoms with Crippen molar-refractivity contribution in [2.24, 2.45) is 0 Å². The molecule has 0 aliphatic rings. The number of amides is 1. The molecule has 0 atom stereocenters. The minimum atomic E-state index is -0.641. The number of aryl methyl sites for hydroxylation is 1. The first-order valence-corrected chi connectivity index (χ1v) is 6.66. The van der Waals surface area contributed by atoms with Gasteiger partial charge in [0.2, 0.25) is 0 Å². The monoisotopic (exact) mass is 264 g/mol. The van der Waals surface area contributed by atoms with E-state index in [0.717, 1.165) is 12.1 Å². The number of nitrogens with one attached hydrogen (secondary N) is 2. The molecule has 0 aromatic heterocycles. The zero-order valence-corrected chi connectivity index (χ0v) is 12.0. The Kier molecular flexibility index (Phi) is 5.99. The predicted octanol–water partition coefficient (Wildman–Crippen LogP) is 1.48. The molecular weight excluding hydrogens is 240 g/mol. The zero-order valence-electron chi connectivity index (χ0n) is 12.0. The van der Waals surface area contributed by atoms with Crippen LogP contribution in [-0.4, -0.2) is 36.2 Å². The lowest BCUT2D eigenvalue weighted by atomic mass is 10.1. The molecule has 4 nitrogen and oxygen atoms in total. The van der Waals surface area contributed by atoms with Crippen LogP contribution in [0.2, 0.25) is 0 Å². The molecule has 1 aromatic carbocycles. The molecule has 0 heterocycles. The Labute approximate surface area is 115 Å². The van der Waals surface area contributed by atoms with Crippen molar-refractivity contribution in [3.05, 3.63) is 35.4 Å². The zero-order chi connectivity index (χ0) is 14.3. The van der Waals surface area contributed by atoms with E-state index in [4.69, 9.17) is 0 Å². The van der Waals surface area contributed by atoms with Crippen LogP contribution < -0.4 is 10.6 Å². The second-order valence-electron chi connectivity index (χ2n) is 5.43. The van der Waals surface area contributed by atoms with Gasteiger partial charge < -0.3 is 15.7 Å². The number of carbonyl (C=O) groups is 1. The molecule has 106 valence electrons. The summed E-state index contributed by atoms with van der Waals surface area (Å²) in [4.78, 5) is 11.8. The lowest BCUT2D eigenvalue weighted by Crippen LogP contribution is -2.34. The highest BCUT2D eigenvalue weighted by Gasteiger charge is 2.10.